The van der Waals surface area contributed by atoms with Gasteiger partial charge in [0, 0.05) is 12.5 Å². The summed E-state index contributed by atoms with van der Waals surface area (Å²) in [5.74, 6) is -0.298. The van der Waals surface area contributed by atoms with Crippen molar-refractivity contribution < 1.29 is 19.3 Å². The lowest BCUT2D eigenvalue weighted by Gasteiger charge is -2.24. The minimum atomic E-state index is -0.554. The Morgan fingerprint density at radius 3 is 2.60 bits per heavy atom. The van der Waals surface area contributed by atoms with Crippen molar-refractivity contribution in [1.82, 2.24) is 0 Å². The number of aliphatic hydroxyl groups is 1. The Kier molecular flexibility index (Phi) is 3.03. The minimum absolute atomic E-state index is 0.0166. The van der Waals surface area contributed by atoms with Crippen LogP contribution < -0.4 is 0 Å². The van der Waals surface area contributed by atoms with Gasteiger partial charge in [-0.1, -0.05) is 6.92 Å². The molecule has 4 heteroatoms. The molecule has 0 radical (unpaired) electrons. The molecule has 2 fully saturated rings. The zero-order valence-electron chi connectivity index (χ0n) is 9.60. The number of rotatable bonds is 3. The highest BCUT2D eigenvalue weighted by Crippen LogP contribution is 2.42. The molecule has 4 nitrogen and oxygen atoms in total. The van der Waals surface area contributed by atoms with Crippen LogP contribution in [0.2, 0.25) is 0 Å². The van der Waals surface area contributed by atoms with Crippen molar-refractivity contribution in [1.29, 1.82) is 0 Å². The van der Waals surface area contributed by atoms with Crippen LogP contribution in [0.4, 0.5) is 0 Å². The van der Waals surface area contributed by atoms with Gasteiger partial charge in [-0.2, -0.15) is 0 Å². The molecular formula is C11H20O4. The molecule has 0 aromatic carbocycles. The molecule has 2 rings (SSSR count). The minimum Gasteiger partial charge on any atom is -0.396 e. The smallest absolute Gasteiger partial charge is 0.187 e. The monoisotopic (exact) mass is 216 g/mol. The summed E-state index contributed by atoms with van der Waals surface area (Å²) in [5, 5.41) is 9.04. The third kappa shape index (κ3) is 2.04. The molecule has 0 aromatic rings. The maximum Gasteiger partial charge on any atom is 0.187 e. The van der Waals surface area contributed by atoms with Gasteiger partial charge in [0.2, 0.25) is 0 Å². The number of aliphatic hydroxyl groups excluding tert-OH is 1. The van der Waals surface area contributed by atoms with Crippen LogP contribution in [0.15, 0.2) is 0 Å². The second-order valence-electron chi connectivity index (χ2n) is 4.73. The van der Waals surface area contributed by atoms with Gasteiger partial charge in [-0.3, -0.25) is 0 Å². The first-order valence-corrected chi connectivity index (χ1v) is 5.69. The lowest BCUT2D eigenvalue weighted by atomic mass is 9.93. The highest BCUT2D eigenvalue weighted by Gasteiger charge is 2.53. The van der Waals surface area contributed by atoms with Crippen LogP contribution in [0.25, 0.3) is 0 Å². The van der Waals surface area contributed by atoms with Crippen molar-refractivity contribution in [3.05, 3.63) is 0 Å². The van der Waals surface area contributed by atoms with Gasteiger partial charge in [-0.15, -0.1) is 0 Å². The zero-order chi connectivity index (χ0) is 11.1. The summed E-state index contributed by atoms with van der Waals surface area (Å²) < 4.78 is 17.2. The predicted octanol–water partition coefficient (Wildman–Crippen LogP) is 1.27. The maximum atomic E-state index is 9.04. The summed E-state index contributed by atoms with van der Waals surface area (Å²) in [7, 11) is 0. The van der Waals surface area contributed by atoms with Crippen LogP contribution >= 0.6 is 0 Å². The van der Waals surface area contributed by atoms with Gasteiger partial charge in [0.25, 0.3) is 0 Å². The summed E-state index contributed by atoms with van der Waals surface area (Å²) in [6, 6.07) is 0. The van der Waals surface area contributed by atoms with E-state index in [0.29, 0.717) is 0 Å². The van der Waals surface area contributed by atoms with Gasteiger partial charge in [-0.05, 0) is 26.7 Å². The van der Waals surface area contributed by atoms with Crippen molar-refractivity contribution in [2.75, 3.05) is 6.61 Å². The van der Waals surface area contributed by atoms with E-state index in [0.717, 1.165) is 12.8 Å². The van der Waals surface area contributed by atoms with Crippen LogP contribution in [-0.4, -0.2) is 36.0 Å². The van der Waals surface area contributed by atoms with E-state index in [-0.39, 0.29) is 31.0 Å². The fraction of sp³-hybridized carbons (Fsp3) is 1.00. The molecule has 2 heterocycles. The third-order valence-corrected chi connectivity index (χ3v) is 3.16. The first-order chi connectivity index (χ1) is 7.07. The lowest BCUT2D eigenvalue weighted by molar-refractivity contribution is -0.210. The molecule has 2 aliphatic rings. The molecule has 0 aliphatic carbocycles. The van der Waals surface area contributed by atoms with Crippen LogP contribution in [0.1, 0.15) is 33.6 Å². The topological polar surface area (TPSA) is 47.9 Å². The van der Waals surface area contributed by atoms with Crippen molar-refractivity contribution in [2.24, 2.45) is 5.92 Å². The average Bonchev–Trinajstić information content (AvgIpc) is 2.60. The largest absolute Gasteiger partial charge is 0.396 e. The second kappa shape index (κ2) is 4.01. The van der Waals surface area contributed by atoms with Gasteiger partial charge in [0.15, 0.2) is 12.1 Å². The van der Waals surface area contributed by atoms with Crippen LogP contribution in [0, 0.1) is 5.92 Å². The van der Waals surface area contributed by atoms with E-state index in [4.69, 9.17) is 19.3 Å². The van der Waals surface area contributed by atoms with Crippen molar-refractivity contribution >= 4 is 0 Å². The normalized spacial score (nSPS) is 43.2. The fourth-order valence-corrected chi connectivity index (χ4v) is 2.54. The molecule has 2 saturated heterocycles. The van der Waals surface area contributed by atoms with E-state index in [1.807, 2.05) is 13.8 Å². The Morgan fingerprint density at radius 2 is 2.00 bits per heavy atom. The Bertz CT molecular complexity index is 229. The Morgan fingerprint density at radius 1 is 1.27 bits per heavy atom. The summed E-state index contributed by atoms with van der Waals surface area (Å²) in [4.78, 5) is 0. The van der Waals surface area contributed by atoms with E-state index in [2.05, 4.69) is 6.92 Å². The fourth-order valence-electron chi connectivity index (χ4n) is 2.54. The molecule has 0 amide bonds. The molecule has 0 aromatic heterocycles. The van der Waals surface area contributed by atoms with E-state index < -0.39 is 5.79 Å². The van der Waals surface area contributed by atoms with Gasteiger partial charge in [0.1, 0.15) is 6.10 Å². The number of ether oxygens (including phenoxy) is 3. The summed E-state index contributed by atoms with van der Waals surface area (Å²) >= 11 is 0. The maximum absolute atomic E-state index is 9.04. The molecule has 88 valence electrons. The van der Waals surface area contributed by atoms with E-state index in [9.17, 15) is 0 Å². The summed E-state index contributed by atoms with van der Waals surface area (Å²) in [6.07, 6.45) is 1.55. The quantitative estimate of drug-likeness (QED) is 0.772. The van der Waals surface area contributed by atoms with E-state index in [1.165, 1.54) is 0 Å². The summed E-state index contributed by atoms with van der Waals surface area (Å²) in [6.45, 7) is 6.05. The van der Waals surface area contributed by atoms with Gasteiger partial charge in [-0.25, -0.2) is 0 Å². The number of hydrogen-bond donors (Lipinski definition) is 1. The Balaban J connectivity index is 2.07. The van der Waals surface area contributed by atoms with Crippen molar-refractivity contribution in [2.45, 2.75) is 57.9 Å². The number of hydrogen-bond acceptors (Lipinski definition) is 4. The SMILES string of the molecule is CC[C@H]1O[C@@H]2OC(C)(C)OC2[C@H]1CCO. The predicted molar refractivity (Wildman–Crippen MR) is 54.2 cm³/mol. The van der Waals surface area contributed by atoms with Gasteiger partial charge < -0.3 is 19.3 Å². The average molecular weight is 216 g/mol. The van der Waals surface area contributed by atoms with Crippen LogP contribution in [0.5, 0.6) is 0 Å². The molecule has 4 atom stereocenters. The molecule has 1 N–H and O–H groups in total. The molecule has 2 aliphatic heterocycles. The standard InChI is InChI=1S/C11H20O4/c1-4-8-7(5-6-12)9-10(13-8)15-11(2,3)14-9/h7-10,12H,4-6H2,1-3H3/t7-,8+,9?,10+/m0/s1. The first kappa shape index (κ1) is 11.3. The molecule has 1 unspecified atom stereocenters. The highest BCUT2D eigenvalue weighted by atomic mass is 16.8. The zero-order valence-corrected chi connectivity index (χ0v) is 9.60. The van der Waals surface area contributed by atoms with Crippen LogP contribution in [-0.2, 0) is 14.2 Å². The first-order valence-electron chi connectivity index (χ1n) is 5.69. The Labute approximate surface area is 90.5 Å². The Hall–Kier alpha value is -0.160. The summed E-state index contributed by atoms with van der Waals surface area (Å²) in [5.41, 5.74) is 0. The number of fused-ring (bicyclic) bond motifs is 1. The molecule has 0 spiro atoms. The third-order valence-electron chi connectivity index (χ3n) is 3.16. The van der Waals surface area contributed by atoms with Gasteiger partial charge >= 0.3 is 0 Å². The van der Waals surface area contributed by atoms with Crippen molar-refractivity contribution in [3.8, 4) is 0 Å². The lowest BCUT2D eigenvalue weighted by Crippen LogP contribution is -2.30. The molecule has 15 heavy (non-hydrogen) atoms. The molecule has 0 bridgehead atoms. The van der Waals surface area contributed by atoms with Gasteiger partial charge in [0.05, 0.1) is 6.10 Å². The van der Waals surface area contributed by atoms with E-state index in [1.54, 1.807) is 0 Å². The van der Waals surface area contributed by atoms with E-state index >= 15 is 0 Å². The molecule has 0 saturated carbocycles. The second-order valence-corrected chi connectivity index (χ2v) is 4.73. The molecular weight excluding hydrogens is 196 g/mol. The highest BCUT2D eigenvalue weighted by molar-refractivity contribution is 4.91. The van der Waals surface area contributed by atoms with Crippen molar-refractivity contribution in [3.63, 3.8) is 0 Å². The van der Waals surface area contributed by atoms with Crippen LogP contribution in [0.3, 0.4) is 0 Å².